The van der Waals surface area contributed by atoms with Crippen LogP contribution in [0.4, 0.5) is 4.39 Å². The van der Waals surface area contributed by atoms with Crippen LogP contribution in [0, 0.1) is 5.82 Å². The fourth-order valence-corrected chi connectivity index (χ4v) is 2.80. The third kappa shape index (κ3) is 3.35. The van der Waals surface area contributed by atoms with Crippen molar-refractivity contribution in [3.05, 3.63) is 82.6 Å². The lowest BCUT2D eigenvalue weighted by Gasteiger charge is -2.18. The van der Waals surface area contributed by atoms with Gasteiger partial charge in [-0.25, -0.2) is 4.39 Å². The maximum Gasteiger partial charge on any atom is 0.255 e. The smallest absolute Gasteiger partial charge is 0.255 e. The Morgan fingerprint density at radius 1 is 1.04 bits per heavy atom. The highest BCUT2D eigenvalue weighted by molar-refractivity contribution is 6.33. The van der Waals surface area contributed by atoms with Crippen molar-refractivity contribution in [1.82, 2.24) is 4.90 Å². The van der Waals surface area contributed by atoms with Gasteiger partial charge in [0.15, 0.2) is 0 Å². The summed E-state index contributed by atoms with van der Waals surface area (Å²) in [6.07, 6.45) is 0. The van der Waals surface area contributed by atoms with Gasteiger partial charge in [-0.1, -0.05) is 48.0 Å². The van der Waals surface area contributed by atoms with Gasteiger partial charge in [-0.3, -0.25) is 4.79 Å². The first-order valence-electron chi connectivity index (χ1n) is 7.23. The molecule has 0 aliphatic rings. The average molecular weight is 328 g/mol. The number of nitrogens with zero attached hydrogens (tertiary/aromatic N) is 1. The number of carbonyl (C=O) groups excluding carboxylic acids is 1. The molecule has 0 N–H and O–H groups in total. The second-order valence-corrected chi connectivity index (χ2v) is 5.87. The largest absolute Gasteiger partial charge is 0.337 e. The van der Waals surface area contributed by atoms with E-state index < -0.39 is 5.82 Å². The van der Waals surface area contributed by atoms with E-state index in [4.69, 9.17) is 11.6 Å². The van der Waals surface area contributed by atoms with Gasteiger partial charge in [0.1, 0.15) is 5.82 Å². The van der Waals surface area contributed by atoms with Crippen LogP contribution in [-0.4, -0.2) is 17.9 Å². The molecule has 1 amide bonds. The lowest BCUT2D eigenvalue weighted by atomic mass is 10.1. The average Bonchev–Trinajstić information content (AvgIpc) is 2.54. The van der Waals surface area contributed by atoms with E-state index in [2.05, 4.69) is 6.07 Å². The molecule has 0 radical (unpaired) electrons. The minimum atomic E-state index is -0.455. The first-order chi connectivity index (χ1) is 11.0. The van der Waals surface area contributed by atoms with Crippen molar-refractivity contribution in [2.24, 2.45) is 0 Å². The SMILES string of the molecule is CN(Cc1ccc2ccccc2c1)C(=O)c1ccc(F)cc1Cl. The molecule has 3 aromatic rings. The van der Waals surface area contributed by atoms with E-state index in [0.717, 1.165) is 22.4 Å². The highest BCUT2D eigenvalue weighted by Crippen LogP contribution is 2.21. The van der Waals surface area contributed by atoms with E-state index in [1.165, 1.54) is 12.1 Å². The molecule has 0 saturated heterocycles. The fraction of sp³-hybridized carbons (Fsp3) is 0.105. The predicted molar refractivity (Wildman–Crippen MR) is 91.2 cm³/mol. The van der Waals surface area contributed by atoms with Crippen molar-refractivity contribution in [1.29, 1.82) is 0 Å². The first-order valence-corrected chi connectivity index (χ1v) is 7.60. The van der Waals surface area contributed by atoms with Crippen molar-refractivity contribution in [3.8, 4) is 0 Å². The summed E-state index contributed by atoms with van der Waals surface area (Å²) in [5.74, 6) is -0.688. The number of amides is 1. The Bertz CT molecular complexity index is 878. The van der Waals surface area contributed by atoms with Gasteiger partial charge in [-0.15, -0.1) is 0 Å². The Morgan fingerprint density at radius 2 is 1.78 bits per heavy atom. The van der Waals surface area contributed by atoms with Crippen molar-refractivity contribution in [3.63, 3.8) is 0 Å². The third-order valence-corrected chi connectivity index (χ3v) is 4.05. The zero-order valence-electron chi connectivity index (χ0n) is 12.6. The quantitative estimate of drug-likeness (QED) is 0.669. The maximum atomic E-state index is 13.1. The number of benzene rings is 3. The highest BCUT2D eigenvalue weighted by Gasteiger charge is 2.16. The highest BCUT2D eigenvalue weighted by atomic mass is 35.5. The van der Waals surface area contributed by atoms with E-state index >= 15 is 0 Å². The molecule has 0 aromatic heterocycles. The third-order valence-electron chi connectivity index (χ3n) is 3.74. The minimum Gasteiger partial charge on any atom is -0.337 e. The van der Waals surface area contributed by atoms with Crippen LogP contribution in [0.5, 0.6) is 0 Å². The molecule has 0 fully saturated rings. The summed E-state index contributed by atoms with van der Waals surface area (Å²) in [4.78, 5) is 14.0. The number of hydrogen-bond donors (Lipinski definition) is 0. The number of fused-ring (bicyclic) bond motifs is 1. The molecule has 3 aromatic carbocycles. The van der Waals surface area contributed by atoms with Gasteiger partial charge in [0.2, 0.25) is 0 Å². The van der Waals surface area contributed by atoms with Crippen LogP contribution in [0.3, 0.4) is 0 Å². The molecule has 0 bridgehead atoms. The molecule has 2 nitrogen and oxygen atoms in total. The molecule has 23 heavy (non-hydrogen) atoms. The van der Waals surface area contributed by atoms with Crippen LogP contribution in [0.15, 0.2) is 60.7 Å². The Hall–Kier alpha value is -2.39. The number of carbonyl (C=O) groups is 1. The zero-order chi connectivity index (χ0) is 16.4. The molecule has 4 heteroatoms. The van der Waals surface area contributed by atoms with Crippen LogP contribution < -0.4 is 0 Å². The van der Waals surface area contributed by atoms with Gasteiger partial charge in [0.05, 0.1) is 10.6 Å². The van der Waals surface area contributed by atoms with Crippen LogP contribution >= 0.6 is 11.6 Å². The number of hydrogen-bond acceptors (Lipinski definition) is 1. The van der Waals surface area contributed by atoms with Crippen molar-refractivity contribution >= 4 is 28.3 Å². The molecule has 0 spiro atoms. The van der Waals surface area contributed by atoms with Crippen LogP contribution in [0.1, 0.15) is 15.9 Å². The zero-order valence-corrected chi connectivity index (χ0v) is 13.3. The van der Waals surface area contributed by atoms with E-state index in [9.17, 15) is 9.18 Å². The van der Waals surface area contributed by atoms with Gasteiger partial charge in [0, 0.05) is 13.6 Å². The minimum absolute atomic E-state index is 0.125. The molecule has 0 heterocycles. The van der Waals surface area contributed by atoms with Gasteiger partial charge in [0.25, 0.3) is 5.91 Å². The second kappa shape index (κ2) is 6.39. The standard InChI is InChI=1S/C19H15ClFNO/c1-22(19(23)17-9-8-16(21)11-18(17)20)12-13-6-7-14-4-2-3-5-15(14)10-13/h2-11H,12H2,1H3. The molecule has 116 valence electrons. The Morgan fingerprint density at radius 3 is 2.52 bits per heavy atom. The first kappa shape index (κ1) is 15.5. The summed E-state index contributed by atoms with van der Waals surface area (Å²) in [6, 6.07) is 18.0. The van der Waals surface area contributed by atoms with Crippen LogP contribution in [0.2, 0.25) is 5.02 Å². The summed E-state index contributed by atoms with van der Waals surface area (Å²) in [6.45, 7) is 0.456. The number of rotatable bonds is 3. The predicted octanol–water partition coefficient (Wildman–Crippen LogP) is 4.90. The summed E-state index contributed by atoms with van der Waals surface area (Å²) in [5.41, 5.74) is 1.33. The van der Waals surface area contributed by atoms with E-state index in [-0.39, 0.29) is 10.9 Å². The molecule has 0 aliphatic heterocycles. The van der Waals surface area contributed by atoms with E-state index in [1.54, 1.807) is 11.9 Å². The Kier molecular flexibility index (Phi) is 4.30. The van der Waals surface area contributed by atoms with E-state index in [1.807, 2.05) is 36.4 Å². The summed E-state index contributed by atoms with van der Waals surface area (Å²) in [7, 11) is 1.71. The maximum absolute atomic E-state index is 13.1. The Balaban J connectivity index is 1.81. The molecule has 0 saturated carbocycles. The molecule has 0 aliphatic carbocycles. The molecule has 0 atom stereocenters. The van der Waals surface area contributed by atoms with E-state index in [0.29, 0.717) is 12.1 Å². The van der Waals surface area contributed by atoms with Crippen molar-refractivity contribution in [2.75, 3.05) is 7.05 Å². The molecular formula is C19H15ClFNO. The van der Waals surface area contributed by atoms with Gasteiger partial charge in [-0.05, 0) is 40.6 Å². The van der Waals surface area contributed by atoms with Crippen LogP contribution in [-0.2, 0) is 6.54 Å². The summed E-state index contributed by atoms with van der Waals surface area (Å²) < 4.78 is 13.1. The monoisotopic (exact) mass is 327 g/mol. The van der Waals surface area contributed by atoms with Gasteiger partial charge >= 0.3 is 0 Å². The molecule has 3 rings (SSSR count). The normalized spacial score (nSPS) is 10.7. The second-order valence-electron chi connectivity index (χ2n) is 5.47. The van der Waals surface area contributed by atoms with Crippen LogP contribution in [0.25, 0.3) is 10.8 Å². The van der Waals surface area contributed by atoms with Crippen molar-refractivity contribution in [2.45, 2.75) is 6.54 Å². The lowest BCUT2D eigenvalue weighted by Crippen LogP contribution is -2.26. The Labute approximate surface area is 139 Å². The topological polar surface area (TPSA) is 20.3 Å². The van der Waals surface area contributed by atoms with Gasteiger partial charge in [-0.2, -0.15) is 0 Å². The molecular weight excluding hydrogens is 313 g/mol. The van der Waals surface area contributed by atoms with Gasteiger partial charge < -0.3 is 4.90 Å². The molecule has 0 unspecified atom stereocenters. The summed E-state index contributed by atoms with van der Waals surface area (Å²) >= 11 is 5.96. The summed E-state index contributed by atoms with van der Waals surface area (Å²) in [5, 5.41) is 2.41. The fourth-order valence-electron chi connectivity index (χ4n) is 2.55. The number of halogens is 2. The van der Waals surface area contributed by atoms with Crippen molar-refractivity contribution < 1.29 is 9.18 Å². The lowest BCUT2D eigenvalue weighted by molar-refractivity contribution is 0.0785.